The smallest absolute Gasteiger partial charge is 0.214 e. The minimum absolute atomic E-state index is 0.0545. The Morgan fingerprint density at radius 3 is 2.48 bits per heavy atom. The first-order chi connectivity index (χ1) is 9.78. The molecule has 1 heterocycles. The van der Waals surface area contributed by atoms with Crippen molar-refractivity contribution < 1.29 is 17.9 Å². The molecule has 1 aromatic rings. The fourth-order valence-corrected chi connectivity index (χ4v) is 3.67. The van der Waals surface area contributed by atoms with Crippen LogP contribution >= 0.6 is 0 Å². The van der Waals surface area contributed by atoms with Gasteiger partial charge in [-0.2, -0.15) is 0 Å². The number of β-amino-alcohol motifs (C(OH)–C–C–N with tert-alkyl or cyclic N) is 1. The standard InChI is InChI=1S/C14H21FN2O3S/c1-16(2)21(19,20)10-12-8-17(9-14(12)18)7-11-3-5-13(15)6-4-11/h3-6,12,14,18H,7-10H2,1-2H3/t12-,14+/m0/s1. The summed E-state index contributed by atoms with van der Waals surface area (Å²) in [4.78, 5) is 1.99. The van der Waals surface area contributed by atoms with Gasteiger partial charge in [-0.3, -0.25) is 4.90 Å². The molecule has 5 nitrogen and oxygen atoms in total. The minimum atomic E-state index is -3.32. The Balaban J connectivity index is 1.96. The van der Waals surface area contributed by atoms with Crippen LogP contribution in [0.15, 0.2) is 24.3 Å². The molecule has 0 saturated carbocycles. The van der Waals surface area contributed by atoms with Gasteiger partial charge in [-0.1, -0.05) is 12.1 Å². The number of sulfonamides is 1. The first-order valence-electron chi connectivity index (χ1n) is 6.83. The van der Waals surface area contributed by atoms with Gasteiger partial charge in [0.05, 0.1) is 11.9 Å². The Kier molecular flexibility index (Phi) is 4.98. The molecular weight excluding hydrogens is 295 g/mol. The van der Waals surface area contributed by atoms with E-state index < -0.39 is 16.1 Å². The molecule has 0 unspecified atom stereocenters. The SMILES string of the molecule is CN(C)S(=O)(=O)C[C@@H]1CN(Cc2ccc(F)cc2)C[C@H]1O. The van der Waals surface area contributed by atoms with E-state index in [0.29, 0.717) is 19.6 Å². The third kappa shape index (κ3) is 4.23. The lowest BCUT2D eigenvalue weighted by molar-refractivity contribution is 0.148. The van der Waals surface area contributed by atoms with Crippen molar-refractivity contribution in [1.82, 2.24) is 9.21 Å². The van der Waals surface area contributed by atoms with Gasteiger partial charge in [0.25, 0.3) is 0 Å². The van der Waals surface area contributed by atoms with Crippen LogP contribution in [-0.2, 0) is 16.6 Å². The lowest BCUT2D eigenvalue weighted by atomic mass is 10.1. The molecule has 1 fully saturated rings. The summed E-state index contributed by atoms with van der Waals surface area (Å²) in [7, 11) is -0.333. The summed E-state index contributed by atoms with van der Waals surface area (Å²) >= 11 is 0. The number of aliphatic hydroxyl groups is 1. The lowest BCUT2D eigenvalue weighted by Gasteiger charge is -2.18. The van der Waals surface area contributed by atoms with Gasteiger partial charge in [0.1, 0.15) is 5.82 Å². The van der Waals surface area contributed by atoms with Crippen molar-refractivity contribution in [2.24, 2.45) is 5.92 Å². The molecule has 118 valence electrons. The van der Waals surface area contributed by atoms with Crippen molar-refractivity contribution in [2.45, 2.75) is 12.6 Å². The molecule has 0 spiro atoms. The number of halogens is 1. The predicted octanol–water partition coefficient (Wildman–Crippen LogP) is 0.510. The van der Waals surface area contributed by atoms with E-state index in [2.05, 4.69) is 0 Å². The molecule has 1 aliphatic rings. The summed E-state index contributed by atoms with van der Waals surface area (Å²) in [6, 6.07) is 6.20. The molecule has 1 saturated heterocycles. The van der Waals surface area contributed by atoms with E-state index in [4.69, 9.17) is 0 Å². The highest BCUT2D eigenvalue weighted by atomic mass is 32.2. The van der Waals surface area contributed by atoms with Gasteiger partial charge >= 0.3 is 0 Å². The van der Waals surface area contributed by atoms with E-state index in [0.717, 1.165) is 5.56 Å². The Bertz CT molecular complexity index is 574. The Hall–Kier alpha value is -1.02. The third-order valence-corrected chi connectivity index (χ3v) is 5.74. The fourth-order valence-electron chi connectivity index (χ4n) is 2.50. The summed E-state index contributed by atoms with van der Waals surface area (Å²) < 4.78 is 37.8. The second-order valence-electron chi connectivity index (χ2n) is 5.71. The Morgan fingerprint density at radius 1 is 1.29 bits per heavy atom. The molecule has 7 heteroatoms. The number of likely N-dealkylation sites (tertiary alicyclic amines) is 1. The van der Waals surface area contributed by atoms with Gasteiger partial charge in [-0.15, -0.1) is 0 Å². The zero-order valence-corrected chi connectivity index (χ0v) is 13.1. The van der Waals surface area contributed by atoms with Gasteiger partial charge < -0.3 is 5.11 Å². The maximum atomic E-state index is 12.9. The third-order valence-electron chi connectivity index (χ3n) is 3.78. The van der Waals surface area contributed by atoms with Gasteiger partial charge in [-0.05, 0) is 17.7 Å². The van der Waals surface area contributed by atoms with Crippen LogP contribution in [0.3, 0.4) is 0 Å². The lowest BCUT2D eigenvalue weighted by Crippen LogP contribution is -2.33. The van der Waals surface area contributed by atoms with Crippen LogP contribution in [-0.4, -0.2) is 61.8 Å². The summed E-state index contributed by atoms with van der Waals surface area (Å²) in [6.45, 7) is 1.53. The highest BCUT2D eigenvalue weighted by Crippen LogP contribution is 2.21. The number of hydrogen-bond acceptors (Lipinski definition) is 4. The number of benzene rings is 1. The average Bonchev–Trinajstić information content (AvgIpc) is 2.72. The predicted molar refractivity (Wildman–Crippen MR) is 78.6 cm³/mol. The normalized spacial score (nSPS) is 23.9. The maximum Gasteiger partial charge on any atom is 0.214 e. The zero-order valence-electron chi connectivity index (χ0n) is 12.2. The van der Waals surface area contributed by atoms with Crippen LogP contribution in [0.5, 0.6) is 0 Å². The van der Waals surface area contributed by atoms with Gasteiger partial charge in [0.2, 0.25) is 10.0 Å². The number of rotatable bonds is 5. The molecule has 1 aliphatic heterocycles. The van der Waals surface area contributed by atoms with Crippen molar-refractivity contribution in [3.63, 3.8) is 0 Å². The molecular formula is C14H21FN2O3S. The van der Waals surface area contributed by atoms with Crippen molar-refractivity contribution in [2.75, 3.05) is 32.9 Å². The zero-order chi connectivity index (χ0) is 15.6. The van der Waals surface area contributed by atoms with Crippen LogP contribution in [0.25, 0.3) is 0 Å². The second-order valence-corrected chi connectivity index (χ2v) is 7.94. The van der Waals surface area contributed by atoms with Gasteiger partial charge in [0.15, 0.2) is 0 Å². The highest BCUT2D eigenvalue weighted by Gasteiger charge is 2.35. The topological polar surface area (TPSA) is 60.9 Å². The van der Waals surface area contributed by atoms with Crippen LogP contribution in [0.4, 0.5) is 4.39 Å². The number of hydrogen-bond donors (Lipinski definition) is 1. The van der Waals surface area contributed by atoms with E-state index in [-0.39, 0.29) is 17.5 Å². The van der Waals surface area contributed by atoms with Crippen LogP contribution in [0, 0.1) is 11.7 Å². The summed E-state index contributed by atoms with van der Waals surface area (Å²) in [5, 5.41) is 10.0. The van der Waals surface area contributed by atoms with E-state index >= 15 is 0 Å². The molecule has 1 aromatic carbocycles. The Morgan fingerprint density at radius 2 is 1.90 bits per heavy atom. The van der Waals surface area contributed by atoms with E-state index in [1.165, 1.54) is 30.5 Å². The minimum Gasteiger partial charge on any atom is -0.391 e. The molecule has 0 aromatic heterocycles. The number of nitrogens with zero attached hydrogens (tertiary/aromatic N) is 2. The maximum absolute atomic E-state index is 12.9. The summed E-state index contributed by atoms with van der Waals surface area (Å²) in [5.41, 5.74) is 0.944. The summed E-state index contributed by atoms with van der Waals surface area (Å²) in [5.74, 6) is -0.630. The van der Waals surface area contributed by atoms with Crippen molar-refractivity contribution in [1.29, 1.82) is 0 Å². The molecule has 0 amide bonds. The van der Waals surface area contributed by atoms with Crippen molar-refractivity contribution >= 4 is 10.0 Å². The molecule has 2 rings (SSSR count). The molecule has 1 N–H and O–H groups in total. The van der Waals surface area contributed by atoms with E-state index in [1.807, 2.05) is 4.90 Å². The second kappa shape index (κ2) is 6.39. The molecule has 0 radical (unpaired) electrons. The van der Waals surface area contributed by atoms with Crippen LogP contribution in [0.1, 0.15) is 5.56 Å². The average molecular weight is 316 g/mol. The first kappa shape index (κ1) is 16.4. The molecule has 21 heavy (non-hydrogen) atoms. The fraction of sp³-hybridized carbons (Fsp3) is 0.571. The van der Waals surface area contributed by atoms with Gasteiger partial charge in [-0.25, -0.2) is 17.1 Å². The van der Waals surface area contributed by atoms with Crippen molar-refractivity contribution in [3.05, 3.63) is 35.6 Å². The first-order valence-corrected chi connectivity index (χ1v) is 8.44. The monoisotopic (exact) mass is 316 g/mol. The quantitative estimate of drug-likeness (QED) is 0.860. The highest BCUT2D eigenvalue weighted by molar-refractivity contribution is 7.89. The largest absolute Gasteiger partial charge is 0.391 e. The van der Waals surface area contributed by atoms with Crippen LogP contribution < -0.4 is 0 Å². The van der Waals surface area contributed by atoms with Gasteiger partial charge in [0, 0.05) is 39.6 Å². The molecule has 0 bridgehead atoms. The Labute approximate surface area is 125 Å². The number of aliphatic hydroxyl groups excluding tert-OH is 1. The summed E-state index contributed by atoms with van der Waals surface area (Å²) in [6.07, 6.45) is -0.653. The van der Waals surface area contributed by atoms with E-state index in [1.54, 1.807) is 12.1 Å². The molecule has 0 aliphatic carbocycles. The molecule has 2 atom stereocenters. The van der Waals surface area contributed by atoms with Crippen LogP contribution in [0.2, 0.25) is 0 Å². The van der Waals surface area contributed by atoms with Crippen molar-refractivity contribution in [3.8, 4) is 0 Å². The van der Waals surface area contributed by atoms with E-state index in [9.17, 15) is 17.9 Å².